The van der Waals surface area contributed by atoms with Crippen molar-refractivity contribution in [2.24, 2.45) is 0 Å². The maximum Gasteiger partial charge on any atom is 0.106 e. The van der Waals surface area contributed by atoms with Crippen LogP contribution in [0.5, 0.6) is 0 Å². The minimum atomic E-state index is -0.123. The summed E-state index contributed by atoms with van der Waals surface area (Å²) in [5, 5.41) is 3.27. The SMILES string of the molecule is C=C(Br)CNCC1(OC)CCOC1. The van der Waals surface area contributed by atoms with Crippen molar-refractivity contribution in [3.8, 4) is 0 Å². The lowest BCUT2D eigenvalue weighted by molar-refractivity contribution is -0.0151. The zero-order chi connectivity index (χ0) is 9.73. The van der Waals surface area contributed by atoms with Crippen molar-refractivity contribution in [2.75, 3.05) is 33.4 Å². The second-order valence-corrected chi connectivity index (χ2v) is 4.43. The lowest BCUT2D eigenvalue weighted by atomic mass is 10.0. The van der Waals surface area contributed by atoms with E-state index in [1.807, 2.05) is 0 Å². The van der Waals surface area contributed by atoms with Crippen LogP contribution in [0.1, 0.15) is 6.42 Å². The Kier molecular flexibility index (Phi) is 4.38. The Balaban J connectivity index is 2.27. The Labute approximate surface area is 87.6 Å². The fraction of sp³-hybridized carbons (Fsp3) is 0.778. The summed E-state index contributed by atoms with van der Waals surface area (Å²) in [5.74, 6) is 0. The molecule has 76 valence electrons. The Bertz CT molecular complexity index is 178. The predicted molar refractivity (Wildman–Crippen MR) is 56.1 cm³/mol. The van der Waals surface area contributed by atoms with Crippen LogP contribution in [0.3, 0.4) is 0 Å². The number of rotatable bonds is 5. The summed E-state index contributed by atoms with van der Waals surface area (Å²) in [6.45, 7) is 6.81. The second-order valence-electron chi connectivity index (χ2n) is 3.31. The van der Waals surface area contributed by atoms with Crippen LogP contribution in [-0.4, -0.2) is 39.0 Å². The van der Waals surface area contributed by atoms with Gasteiger partial charge in [0, 0.05) is 37.7 Å². The van der Waals surface area contributed by atoms with Gasteiger partial charge in [-0.1, -0.05) is 22.5 Å². The van der Waals surface area contributed by atoms with E-state index in [2.05, 4.69) is 27.8 Å². The summed E-state index contributed by atoms with van der Waals surface area (Å²) in [7, 11) is 1.74. The van der Waals surface area contributed by atoms with E-state index in [9.17, 15) is 0 Å². The molecule has 13 heavy (non-hydrogen) atoms. The molecule has 1 atom stereocenters. The summed E-state index contributed by atoms with van der Waals surface area (Å²) in [5.41, 5.74) is -0.123. The standard InChI is InChI=1S/C9H16BrNO2/c1-8(10)5-11-6-9(12-2)3-4-13-7-9/h11H,1,3-7H2,2H3. The fourth-order valence-electron chi connectivity index (χ4n) is 1.39. The average Bonchev–Trinajstić information content (AvgIpc) is 2.53. The third kappa shape index (κ3) is 3.38. The summed E-state index contributed by atoms with van der Waals surface area (Å²) >= 11 is 3.29. The molecule has 0 amide bonds. The van der Waals surface area contributed by atoms with Gasteiger partial charge in [-0.25, -0.2) is 0 Å². The number of nitrogens with one attached hydrogen (secondary N) is 1. The largest absolute Gasteiger partial charge is 0.378 e. The molecule has 0 aliphatic carbocycles. The van der Waals surface area contributed by atoms with Gasteiger partial charge in [0.15, 0.2) is 0 Å². The van der Waals surface area contributed by atoms with E-state index in [-0.39, 0.29) is 5.60 Å². The molecule has 1 aliphatic rings. The first-order valence-electron chi connectivity index (χ1n) is 4.35. The third-order valence-electron chi connectivity index (χ3n) is 2.26. The van der Waals surface area contributed by atoms with Crippen LogP contribution in [0, 0.1) is 0 Å². The topological polar surface area (TPSA) is 30.5 Å². The zero-order valence-electron chi connectivity index (χ0n) is 7.94. The molecule has 1 aliphatic heterocycles. The lowest BCUT2D eigenvalue weighted by Gasteiger charge is -2.25. The lowest BCUT2D eigenvalue weighted by Crippen LogP contribution is -2.43. The van der Waals surface area contributed by atoms with E-state index in [0.717, 1.165) is 30.6 Å². The molecule has 0 aromatic carbocycles. The normalized spacial score (nSPS) is 27.8. The Morgan fingerprint density at radius 1 is 1.77 bits per heavy atom. The number of ether oxygens (including phenoxy) is 2. The summed E-state index contributed by atoms with van der Waals surface area (Å²) in [6.07, 6.45) is 0.964. The van der Waals surface area contributed by atoms with Crippen LogP contribution in [0.2, 0.25) is 0 Å². The van der Waals surface area contributed by atoms with Gasteiger partial charge < -0.3 is 14.8 Å². The molecule has 0 bridgehead atoms. The molecule has 4 heteroatoms. The fourth-order valence-corrected chi connectivity index (χ4v) is 1.59. The van der Waals surface area contributed by atoms with Gasteiger partial charge in [0.2, 0.25) is 0 Å². The van der Waals surface area contributed by atoms with Crippen LogP contribution in [0.15, 0.2) is 11.1 Å². The zero-order valence-corrected chi connectivity index (χ0v) is 9.52. The van der Waals surface area contributed by atoms with Crippen molar-refractivity contribution in [2.45, 2.75) is 12.0 Å². The van der Waals surface area contributed by atoms with Gasteiger partial charge in [-0.15, -0.1) is 0 Å². The molecular weight excluding hydrogens is 234 g/mol. The maximum atomic E-state index is 5.45. The highest BCUT2D eigenvalue weighted by Crippen LogP contribution is 2.21. The van der Waals surface area contributed by atoms with Crippen molar-refractivity contribution >= 4 is 15.9 Å². The van der Waals surface area contributed by atoms with Crippen LogP contribution >= 0.6 is 15.9 Å². The molecule has 1 fully saturated rings. The summed E-state index contributed by atoms with van der Waals surface area (Å²) in [4.78, 5) is 0. The van der Waals surface area contributed by atoms with Crippen LogP contribution < -0.4 is 5.32 Å². The Morgan fingerprint density at radius 3 is 3.00 bits per heavy atom. The van der Waals surface area contributed by atoms with E-state index >= 15 is 0 Å². The number of hydrogen-bond acceptors (Lipinski definition) is 3. The van der Waals surface area contributed by atoms with Crippen LogP contribution in [-0.2, 0) is 9.47 Å². The molecule has 0 radical (unpaired) electrons. The molecule has 0 spiro atoms. The van der Waals surface area contributed by atoms with Crippen molar-refractivity contribution < 1.29 is 9.47 Å². The van der Waals surface area contributed by atoms with Gasteiger partial charge >= 0.3 is 0 Å². The molecule has 0 aromatic heterocycles. The van der Waals surface area contributed by atoms with Gasteiger partial charge in [0.1, 0.15) is 5.60 Å². The van der Waals surface area contributed by atoms with Gasteiger partial charge in [-0.3, -0.25) is 0 Å². The van der Waals surface area contributed by atoms with Crippen LogP contribution in [0.25, 0.3) is 0 Å². The quantitative estimate of drug-likeness (QED) is 0.797. The smallest absolute Gasteiger partial charge is 0.106 e. The summed E-state index contributed by atoms with van der Waals surface area (Å²) < 4.78 is 11.7. The van der Waals surface area contributed by atoms with Gasteiger partial charge in [-0.05, 0) is 0 Å². The molecule has 0 aromatic rings. The highest BCUT2D eigenvalue weighted by molar-refractivity contribution is 9.11. The average molecular weight is 250 g/mol. The van der Waals surface area contributed by atoms with E-state index < -0.39 is 0 Å². The maximum absolute atomic E-state index is 5.45. The molecule has 1 N–H and O–H groups in total. The van der Waals surface area contributed by atoms with E-state index in [1.54, 1.807) is 7.11 Å². The highest BCUT2D eigenvalue weighted by atomic mass is 79.9. The predicted octanol–water partition coefficient (Wildman–Crippen LogP) is 1.29. The molecular formula is C9H16BrNO2. The number of hydrogen-bond donors (Lipinski definition) is 1. The number of methoxy groups -OCH3 is 1. The van der Waals surface area contributed by atoms with Crippen LogP contribution in [0.4, 0.5) is 0 Å². The molecule has 1 rings (SSSR count). The van der Waals surface area contributed by atoms with Crippen molar-refractivity contribution in [3.63, 3.8) is 0 Å². The molecule has 0 saturated carbocycles. The monoisotopic (exact) mass is 249 g/mol. The molecule has 1 unspecified atom stereocenters. The van der Waals surface area contributed by atoms with Crippen molar-refractivity contribution in [3.05, 3.63) is 11.1 Å². The minimum absolute atomic E-state index is 0.123. The van der Waals surface area contributed by atoms with Gasteiger partial charge in [0.05, 0.1) is 6.61 Å². The molecule has 3 nitrogen and oxygen atoms in total. The van der Waals surface area contributed by atoms with E-state index in [1.165, 1.54) is 0 Å². The third-order valence-corrected chi connectivity index (χ3v) is 2.54. The first-order valence-corrected chi connectivity index (χ1v) is 5.15. The highest BCUT2D eigenvalue weighted by Gasteiger charge is 2.34. The number of halogens is 1. The first kappa shape index (κ1) is 11.2. The van der Waals surface area contributed by atoms with Gasteiger partial charge in [0.25, 0.3) is 0 Å². The van der Waals surface area contributed by atoms with Gasteiger partial charge in [-0.2, -0.15) is 0 Å². The Hall–Kier alpha value is 0.1000. The summed E-state index contributed by atoms with van der Waals surface area (Å²) in [6, 6.07) is 0. The second kappa shape index (κ2) is 5.10. The Morgan fingerprint density at radius 2 is 2.54 bits per heavy atom. The molecule has 1 heterocycles. The first-order chi connectivity index (χ1) is 6.18. The minimum Gasteiger partial charge on any atom is -0.378 e. The van der Waals surface area contributed by atoms with E-state index in [4.69, 9.17) is 9.47 Å². The van der Waals surface area contributed by atoms with Crippen molar-refractivity contribution in [1.82, 2.24) is 5.32 Å². The van der Waals surface area contributed by atoms with Crippen molar-refractivity contribution in [1.29, 1.82) is 0 Å². The van der Waals surface area contributed by atoms with E-state index in [0.29, 0.717) is 6.61 Å². The molecule has 1 saturated heterocycles.